The maximum Gasteiger partial charge on any atom is 0.226 e. The highest BCUT2D eigenvalue weighted by molar-refractivity contribution is 6.30. The smallest absolute Gasteiger partial charge is 0.226 e. The average molecular weight is 367 g/mol. The summed E-state index contributed by atoms with van der Waals surface area (Å²) in [7, 11) is 0. The molecule has 0 aromatic carbocycles. The van der Waals surface area contributed by atoms with Crippen LogP contribution in [0.3, 0.4) is 0 Å². The van der Waals surface area contributed by atoms with Crippen LogP contribution in [0.5, 0.6) is 0 Å². The van der Waals surface area contributed by atoms with E-state index in [2.05, 4.69) is 23.8 Å². The molecule has 1 aliphatic carbocycles. The standard InChI is InChI=1S/C19H31ClN4O/c1-12(2)11-24-18(20)17(13(3)22-24)16-8-5-9-23(16)19(25)14-6-4-7-15(21)10-14/h12,14-16H,4-11,21H2,1-3H3/t14-,15-,16+/m1/s1. The van der Waals surface area contributed by atoms with Gasteiger partial charge in [0.1, 0.15) is 5.15 Å². The summed E-state index contributed by atoms with van der Waals surface area (Å²) in [5.74, 6) is 0.827. The molecule has 6 heteroatoms. The minimum atomic E-state index is 0.0686. The summed E-state index contributed by atoms with van der Waals surface area (Å²) in [6.45, 7) is 7.95. The van der Waals surface area contributed by atoms with Crippen molar-refractivity contribution in [2.75, 3.05) is 6.54 Å². The molecule has 2 aliphatic rings. The van der Waals surface area contributed by atoms with Gasteiger partial charge in [-0.15, -0.1) is 0 Å². The van der Waals surface area contributed by atoms with Crippen molar-refractivity contribution in [3.63, 3.8) is 0 Å². The Morgan fingerprint density at radius 2 is 2.08 bits per heavy atom. The Bertz CT molecular complexity index is 627. The van der Waals surface area contributed by atoms with Crippen LogP contribution in [0, 0.1) is 18.8 Å². The van der Waals surface area contributed by atoms with Crippen molar-refractivity contribution in [3.05, 3.63) is 16.4 Å². The number of hydrogen-bond acceptors (Lipinski definition) is 3. The zero-order valence-corrected chi connectivity index (χ0v) is 16.4. The van der Waals surface area contributed by atoms with E-state index in [0.717, 1.165) is 62.9 Å². The topological polar surface area (TPSA) is 64.2 Å². The molecule has 3 atom stereocenters. The van der Waals surface area contributed by atoms with Crippen LogP contribution >= 0.6 is 11.6 Å². The minimum Gasteiger partial charge on any atom is -0.335 e. The van der Waals surface area contributed by atoms with Gasteiger partial charge >= 0.3 is 0 Å². The normalized spacial score (nSPS) is 27.3. The molecule has 2 N–H and O–H groups in total. The number of nitrogens with two attached hydrogens (primary N) is 1. The van der Waals surface area contributed by atoms with Crippen LogP contribution in [0.4, 0.5) is 0 Å². The van der Waals surface area contributed by atoms with E-state index in [0.29, 0.717) is 11.1 Å². The van der Waals surface area contributed by atoms with Crippen molar-refractivity contribution in [2.45, 2.75) is 77.9 Å². The van der Waals surface area contributed by atoms with Gasteiger partial charge in [-0.25, -0.2) is 0 Å². The number of rotatable bonds is 4. The van der Waals surface area contributed by atoms with E-state index in [1.807, 2.05) is 11.6 Å². The van der Waals surface area contributed by atoms with Crippen LogP contribution in [-0.4, -0.2) is 33.2 Å². The summed E-state index contributed by atoms with van der Waals surface area (Å²) >= 11 is 6.68. The van der Waals surface area contributed by atoms with Crippen molar-refractivity contribution >= 4 is 17.5 Å². The van der Waals surface area contributed by atoms with Gasteiger partial charge in [-0.1, -0.05) is 31.9 Å². The predicted octanol–water partition coefficient (Wildman–Crippen LogP) is 3.68. The molecule has 0 spiro atoms. The van der Waals surface area contributed by atoms with Gasteiger partial charge in [-0.2, -0.15) is 5.10 Å². The Labute approximate surface area is 155 Å². The number of aryl methyl sites for hydroxylation is 1. The second kappa shape index (κ2) is 7.67. The Kier molecular flexibility index (Phi) is 5.74. The largest absolute Gasteiger partial charge is 0.335 e. The summed E-state index contributed by atoms with van der Waals surface area (Å²) in [5.41, 5.74) is 8.10. The lowest BCUT2D eigenvalue weighted by molar-refractivity contribution is -0.137. The van der Waals surface area contributed by atoms with Gasteiger partial charge < -0.3 is 10.6 Å². The number of hydrogen-bond donors (Lipinski definition) is 1. The highest BCUT2D eigenvalue weighted by Gasteiger charge is 2.38. The van der Waals surface area contributed by atoms with Gasteiger partial charge in [-0.05, 0) is 44.9 Å². The molecule has 25 heavy (non-hydrogen) atoms. The quantitative estimate of drug-likeness (QED) is 0.883. The lowest BCUT2D eigenvalue weighted by Gasteiger charge is -2.32. The summed E-state index contributed by atoms with van der Waals surface area (Å²) in [6, 6.07) is 0.238. The Balaban J connectivity index is 1.82. The third-order valence-corrected chi connectivity index (χ3v) is 5.98. The number of amides is 1. The first-order valence-electron chi connectivity index (χ1n) is 9.67. The molecule has 1 aromatic heterocycles. The number of aromatic nitrogens is 2. The average Bonchev–Trinajstić information content (AvgIpc) is 3.11. The monoisotopic (exact) mass is 366 g/mol. The first-order valence-corrected chi connectivity index (χ1v) is 10.0. The van der Waals surface area contributed by atoms with Crippen molar-refractivity contribution < 1.29 is 4.79 Å². The SMILES string of the molecule is Cc1nn(CC(C)C)c(Cl)c1[C@@H]1CCCN1C(=O)[C@@H]1CCC[C@@H](N)C1. The zero-order valence-electron chi connectivity index (χ0n) is 15.7. The molecule has 2 fully saturated rings. The number of carbonyl (C=O) groups excluding carboxylic acids is 1. The Morgan fingerprint density at radius 3 is 2.76 bits per heavy atom. The fourth-order valence-corrected chi connectivity index (χ4v) is 4.80. The lowest BCUT2D eigenvalue weighted by atomic mass is 9.85. The summed E-state index contributed by atoms with van der Waals surface area (Å²) < 4.78 is 1.90. The van der Waals surface area contributed by atoms with Crippen LogP contribution in [0.1, 0.15) is 69.7 Å². The van der Waals surface area contributed by atoms with E-state index >= 15 is 0 Å². The summed E-state index contributed by atoms with van der Waals surface area (Å²) in [6.07, 6.45) is 5.89. The van der Waals surface area contributed by atoms with Crippen LogP contribution in [0.2, 0.25) is 5.15 Å². The maximum atomic E-state index is 13.1. The first-order chi connectivity index (χ1) is 11.9. The molecule has 1 aliphatic heterocycles. The molecule has 140 valence electrons. The fraction of sp³-hybridized carbons (Fsp3) is 0.789. The van der Waals surface area contributed by atoms with Crippen LogP contribution < -0.4 is 5.73 Å². The van der Waals surface area contributed by atoms with Crippen molar-refractivity contribution in [1.29, 1.82) is 0 Å². The minimum absolute atomic E-state index is 0.0686. The second-order valence-corrected chi connectivity index (χ2v) is 8.54. The van der Waals surface area contributed by atoms with Crippen LogP contribution in [0.15, 0.2) is 0 Å². The number of nitrogens with zero attached hydrogens (tertiary/aromatic N) is 3. The predicted molar refractivity (Wildman–Crippen MR) is 100 cm³/mol. The third-order valence-electron chi connectivity index (χ3n) is 5.58. The Morgan fingerprint density at radius 1 is 1.32 bits per heavy atom. The molecule has 1 aromatic rings. The highest BCUT2D eigenvalue weighted by Crippen LogP contribution is 2.40. The molecular weight excluding hydrogens is 336 g/mol. The van der Waals surface area contributed by atoms with Gasteiger partial charge in [0.05, 0.1) is 11.7 Å². The van der Waals surface area contributed by atoms with Crippen molar-refractivity contribution in [1.82, 2.24) is 14.7 Å². The summed E-state index contributed by atoms with van der Waals surface area (Å²) in [4.78, 5) is 15.2. The number of likely N-dealkylation sites (tertiary alicyclic amines) is 1. The molecule has 1 saturated heterocycles. The lowest BCUT2D eigenvalue weighted by Crippen LogP contribution is -2.40. The van der Waals surface area contributed by atoms with E-state index < -0.39 is 0 Å². The van der Waals surface area contributed by atoms with E-state index in [1.54, 1.807) is 0 Å². The van der Waals surface area contributed by atoms with Gasteiger partial charge in [0.15, 0.2) is 0 Å². The van der Waals surface area contributed by atoms with Crippen molar-refractivity contribution in [2.24, 2.45) is 17.6 Å². The molecule has 1 amide bonds. The van der Waals surface area contributed by atoms with Gasteiger partial charge in [-0.3, -0.25) is 9.48 Å². The van der Waals surface area contributed by atoms with Gasteiger partial charge in [0.2, 0.25) is 5.91 Å². The van der Waals surface area contributed by atoms with Crippen molar-refractivity contribution in [3.8, 4) is 0 Å². The molecule has 5 nitrogen and oxygen atoms in total. The molecule has 0 bridgehead atoms. The van der Waals surface area contributed by atoms with E-state index in [9.17, 15) is 4.79 Å². The van der Waals surface area contributed by atoms with E-state index in [4.69, 9.17) is 17.3 Å². The van der Waals surface area contributed by atoms with Crippen LogP contribution in [0.25, 0.3) is 0 Å². The molecular formula is C19H31ClN4O. The second-order valence-electron chi connectivity index (χ2n) is 8.18. The highest BCUT2D eigenvalue weighted by atomic mass is 35.5. The van der Waals surface area contributed by atoms with E-state index in [1.165, 1.54) is 0 Å². The van der Waals surface area contributed by atoms with E-state index in [-0.39, 0.29) is 23.9 Å². The maximum absolute atomic E-state index is 13.1. The molecule has 0 radical (unpaired) electrons. The zero-order chi connectivity index (χ0) is 18.1. The Hall–Kier alpha value is -1.07. The molecule has 3 rings (SSSR count). The number of carbonyl (C=O) groups is 1. The first kappa shape index (κ1) is 18.7. The van der Waals surface area contributed by atoms with Gasteiger partial charge in [0, 0.05) is 30.6 Å². The number of halogens is 1. The van der Waals surface area contributed by atoms with Crippen LogP contribution in [-0.2, 0) is 11.3 Å². The van der Waals surface area contributed by atoms with Gasteiger partial charge in [0.25, 0.3) is 0 Å². The third kappa shape index (κ3) is 3.87. The molecule has 1 saturated carbocycles. The molecule has 2 heterocycles. The fourth-order valence-electron chi connectivity index (χ4n) is 4.43. The summed E-state index contributed by atoms with van der Waals surface area (Å²) in [5, 5.41) is 5.34. The molecule has 0 unspecified atom stereocenters.